The standard InChI is InChI=1S/C7H8BrNO2S/c1-7(9,6(10)11)5-4(8)2-3-12-5/h2-3H,9H2,1H3,(H,10,11). The van der Waals surface area contributed by atoms with Crippen molar-refractivity contribution < 1.29 is 9.90 Å². The van der Waals surface area contributed by atoms with Crippen molar-refractivity contribution in [3.8, 4) is 0 Å². The molecule has 0 aromatic carbocycles. The number of hydrogen-bond acceptors (Lipinski definition) is 3. The summed E-state index contributed by atoms with van der Waals surface area (Å²) in [6, 6.07) is 1.79. The van der Waals surface area contributed by atoms with E-state index in [0.717, 1.165) is 4.47 Å². The van der Waals surface area contributed by atoms with Crippen molar-refractivity contribution >= 4 is 33.2 Å². The van der Waals surface area contributed by atoms with E-state index in [9.17, 15) is 4.79 Å². The number of carboxylic acid groups (broad SMARTS) is 1. The Labute approximate surface area is 82.3 Å². The van der Waals surface area contributed by atoms with Crippen LogP contribution in [-0.4, -0.2) is 11.1 Å². The predicted molar refractivity (Wildman–Crippen MR) is 51.2 cm³/mol. The predicted octanol–water partition coefficient (Wildman–Crippen LogP) is 1.77. The van der Waals surface area contributed by atoms with Gasteiger partial charge in [-0.15, -0.1) is 11.3 Å². The van der Waals surface area contributed by atoms with Gasteiger partial charge in [-0.3, -0.25) is 0 Å². The van der Waals surface area contributed by atoms with Crippen LogP contribution in [0.5, 0.6) is 0 Å². The van der Waals surface area contributed by atoms with Crippen molar-refractivity contribution in [1.29, 1.82) is 0 Å². The summed E-state index contributed by atoms with van der Waals surface area (Å²) in [5, 5.41) is 10.6. The summed E-state index contributed by atoms with van der Waals surface area (Å²) in [6.07, 6.45) is 0. The molecule has 1 atom stereocenters. The Kier molecular flexibility index (Phi) is 2.55. The van der Waals surface area contributed by atoms with E-state index < -0.39 is 11.5 Å². The maximum atomic E-state index is 10.7. The second kappa shape index (κ2) is 3.16. The molecule has 1 heterocycles. The van der Waals surface area contributed by atoms with E-state index in [1.165, 1.54) is 18.3 Å². The number of aliphatic carboxylic acids is 1. The largest absolute Gasteiger partial charge is 0.480 e. The van der Waals surface area contributed by atoms with Gasteiger partial charge in [0.1, 0.15) is 5.54 Å². The van der Waals surface area contributed by atoms with Crippen molar-refractivity contribution in [1.82, 2.24) is 0 Å². The lowest BCUT2D eigenvalue weighted by molar-refractivity contribution is -0.142. The van der Waals surface area contributed by atoms with Gasteiger partial charge in [-0.2, -0.15) is 0 Å². The van der Waals surface area contributed by atoms with Crippen LogP contribution in [-0.2, 0) is 10.3 Å². The van der Waals surface area contributed by atoms with Crippen LogP contribution < -0.4 is 5.73 Å². The van der Waals surface area contributed by atoms with Crippen LogP contribution in [0.4, 0.5) is 0 Å². The molecule has 3 N–H and O–H groups in total. The van der Waals surface area contributed by atoms with Gasteiger partial charge < -0.3 is 10.8 Å². The van der Waals surface area contributed by atoms with Gasteiger partial charge in [0.2, 0.25) is 0 Å². The first-order chi connectivity index (χ1) is 5.46. The first kappa shape index (κ1) is 9.70. The van der Waals surface area contributed by atoms with Crippen molar-refractivity contribution in [3.05, 3.63) is 20.8 Å². The first-order valence-corrected chi connectivity index (χ1v) is 4.89. The maximum Gasteiger partial charge on any atom is 0.328 e. The highest BCUT2D eigenvalue weighted by atomic mass is 79.9. The van der Waals surface area contributed by atoms with Gasteiger partial charge >= 0.3 is 5.97 Å². The molecular weight excluding hydrogens is 242 g/mol. The van der Waals surface area contributed by atoms with Crippen molar-refractivity contribution in [3.63, 3.8) is 0 Å². The molecule has 1 rings (SSSR count). The van der Waals surface area contributed by atoms with Gasteiger partial charge in [-0.25, -0.2) is 4.79 Å². The van der Waals surface area contributed by atoms with E-state index in [1.807, 2.05) is 0 Å². The van der Waals surface area contributed by atoms with Crippen molar-refractivity contribution in [2.45, 2.75) is 12.5 Å². The molecule has 0 aliphatic carbocycles. The molecule has 0 saturated carbocycles. The van der Waals surface area contributed by atoms with Crippen LogP contribution in [0.15, 0.2) is 15.9 Å². The van der Waals surface area contributed by atoms with Gasteiger partial charge in [0.05, 0.1) is 0 Å². The number of carboxylic acids is 1. The number of hydrogen-bond donors (Lipinski definition) is 2. The summed E-state index contributed by atoms with van der Waals surface area (Å²) in [5.74, 6) is -1.02. The molecule has 0 amide bonds. The zero-order valence-electron chi connectivity index (χ0n) is 6.37. The normalized spacial score (nSPS) is 15.6. The van der Waals surface area contributed by atoms with Crippen LogP contribution in [0.3, 0.4) is 0 Å². The van der Waals surface area contributed by atoms with Gasteiger partial charge in [0.15, 0.2) is 0 Å². The summed E-state index contributed by atoms with van der Waals surface area (Å²) in [4.78, 5) is 11.4. The molecule has 0 aliphatic rings. The second-order valence-corrected chi connectivity index (χ2v) is 4.38. The minimum atomic E-state index is -1.30. The quantitative estimate of drug-likeness (QED) is 0.840. The minimum Gasteiger partial charge on any atom is -0.480 e. The van der Waals surface area contributed by atoms with Gasteiger partial charge in [0, 0.05) is 9.35 Å². The SMILES string of the molecule is CC(N)(C(=O)O)c1sccc1Br. The Balaban J connectivity index is 3.13. The summed E-state index contributed by atoms with van der Waals surface area (Å²) < 4.78 is 0.750. The molecule has 1 unspecified atom stereocenters. The minimum absolute atomic E-state index is 0.634. The van der Waals surface area contributed by atoms with E-state index in [2.05, 4.69) is 15.9 Å². The van der Waals surface area contributed by atoms with Crippen LogP contribution in [0.1, 0.15) is 11.8 Å². The molecule has 5 heteroatoms. The highest BCUT2D eigenvalue weighted by molar-refractivity contribution is 9.10. The highest BCUT2D eigenvalue weighted by Crippen LogP contribution is 2.31. The zero-order valence-corrected chi connectivity index (χ0v) is 8.78. The summed E-state index contributed by atoms with van der Waals surface area (Å²) in [6.45, 7) is 1.48. The molecule has 66 valence electrons. The Morgan fingerprint density at radius 1 is 1.83 bits per heavy atom. The summed E-state index contributed by atoms with van der Waals surface area (Å²) in [7, 11) is 0. The van der Waals surface area contributed by atoms with Crippen LogP contribution >= 0.6 is 27.3 Å². The molecule has 0 aliphatic heterocycles. The van der Waals surface area contributed by atoms with E-state index in [1.54, 1.807) is 11.4 Å². The van der Waals surface area contributed by atoms with E-state index >= 15 is 0 Å². The lowest BCUT2D eigenvalue weighted by Crippen LogP contribution is -2.41. The molecule has 12 heavy (non-hydrogen) atoms. The maximum absolute atomic E-state index is 10.7. The van der Waals surface area contributed by atoms with Crippen LogP contribution in [0.25, 0.3) is 0 Å². The highest BCUT2D eigenvalue weighted by Gasteiger charge is 2.33. The third-order valence-electron chi connectivity index (χ3n) is 1.53. The lowest BCUT2D eigenvalue weighted by Gasteiger charge is -2.17. The molecule has 1 aromatic heterocycles. The number of thiophene rings is 1. The second-order valence-electron chi connectivity index (χ2n) is 2.61. The van der Waals surface area contributed by atoms with Gasteiger partial charge in [0.25, 0.3) is 0 Å². The third-order valence-corrected chi connectivity index (χ3v) is 3.61. The molecule has 0 saturated heterocycles. The monoisotopic (exact) mass is 249 g/mol. The fraction of sp³-hybridized carbons (Fsp3) is 0.286. The molecule has 1 aromatic rings. The first-order valence-electron chi connectivity index (χ1n) is 3.22. The molecule has 0 fully saturated rings. The smallest absolute Gasteiger partial charge is 0.328 e. The Hall–Kier alpha value is -0.390. The third kappa shape index (κ3) is 1.53. The molecule has 0 bridgehead atoms. The van der Waals surface area contributed by atoms with Gasteiger partial charge in [-0.1, -0.05) is 0 Å². The fourth-order valence-corrected chi connectivity index (χ4v) is 2.61. The molecular formula is C7H8BrNO2S. The number of halogens is 1. The topological polar surface area (TPSA) is 63.3 Å². The van der Waals surface area contributed by atoms with E-state index in [4.69, 9.17) is 10.8 Å². The number of nitrogens with two attached hydrogens (primary N) is 1. The Bertz CT molecular complexity index is 308. The average molecular weight is 250 g/mol. The summed E-state index contributed by atoms with van der Waals surface area (Å²) >= 11 is 4.57. The van der Waals surface area contributed by atoms with Crippen LogP contribution in [0, 0.1) is 0 Å². The van der Waals surface area contributed by atoms with E-state index in [0.29, 0.717) is 4.88 Å². The lowest BCUT2D eigenvalue weighted by atomic mass is 10.0. The Morgan fingerprint density at radius 2 is 2.42 bits per heavy atom. The average Bonchev–Trinajstić information content (AvgIpc) is 2.35. The number of carbonyl (C=O) groups is 1. The fourth-order valence-electron chi connectivity index (χ4n) is 0.761. The molecule has 3 nitrogen and oxygen atoms in total. The number of rotatable bonds is 2. The molecule has 0 radical (unpaired) electrons. The molecule has 0 spiro atoms. The Morgan fingerprint density at radius 3 is 2.75 bits per heavy atom. The van der Waals surface area contributed by atoms with Gasteiger partial charge in [-0.05, 0) is 34.3 Å². The zero-order chi connectivity index (χ0) is 9.35. The van der Waals surface area contributed by atoms with Crippen LogP contribution in [0.2, 0.25) is 0 Å². The van der Waals surface area contributed by atoms with Crippen molar-refractivity contribution in [2.75, 3.05) is 0 Å². The summed E-state index contributed by atoms with van der Waals surface area (Å²) in [5.41, 5.74) is 4.31. The van der Waals surface area contributed by atoms with Crippen molar-refractivity contribution in [2.24, 2.45) is 5.73 Å². The van der Waals surface area contributed by atoms with E-state index in [-0.39, 0.29) is 0 Å².